The van der Waals surface area contributed by atoms with Gasteiger partial charge in [-0.1, -0.05) is 0 Å². The number of rotatable bonds is 4. The van der Waals surface area contributed by atoms with Gasteiger partial charge in [-0.3, -0.25) is 0 Å². The van der Waals surface area contributed by atoms with Gasteiger partial charge < -0.3 is 21.1 Å². The van der Waals surface area contributed by atoms with E-state index in [1.807, 2.05) is 6.07 Å². The van der Waals surface area contributed by atoms with Crippen LogP contribution in [-0.4, -0.2) is 21.0 Å². The number of H-pyrrole nitrogens is 1. The second-order valence-electron chi connectivity index (χ2n) is 3.95. The topological polar surface area (TPSA) is 104 Å². The third-order valence-electron chi connectivity index (χ3n) is 2.63. The van der Waals surface area contributed by atoms with Gasteiger partial charge in [-0.15, -0.1) is 0 Å². The summed E-state index contributed by atoms with van der Waals surface area (Å²) in [6, 6.07) is 3.33. The van der Waals surface area contributed by atoms with Crippen molar-refractivity contribution >= 4 is 17.3 Å². The first kappa shape index (κ1) is 12.0. The van der Waals surface area contributed by atoms with Crippen LogP contribution in [0.5, 0.6) is 0 Å². The van der Waals surface area contributed by atoms with Crippen LogP contribution < -0.4 is 11.1 Å². The summed E-state index contributed by atoms with van der Waals surface area (Å²) < 4.78 is 0. The van der Waals surface area contributed by atoms with Crippen molar-refractivity contribution in [2.75, 3.05) is 11.1 Å². The van der Waals surface area contributed by atoms with Crippen molar-refractivity contribution in [1.29, 1.82) is 0 Å². The second kappa shape index (κ2) is 4.79. The number of anilines is 2. The van der Waals surface area contributed by atoms with Gasteiger partial charge in [0.25, 0.3) is 0 Å². The molecule has 1 heterocycles. The first-order valence-electron chi connectivity index (χ1n) is 5.43. The van der Waals surface area contributed by atoms with E-state index in [4.69, 9.17) is 10.8 Å². The fraction of sp³-hybridized carbons (Fsp3) is 0.167. The number of aromatic carboxylic acids is 1. The van der Waals surface area contributed by atoms with Crippen LogP contribution >= 0.6 is 0 Å². The van der Waals surface area contributed by atoms with Gasteiger partial charge in [-0.2, -0.15) is 0 Å². The van der Waals surface area contributed by atoms with Gasteiger partial charge >= 0.3 is 5.97 Å². The molecule has 0 aliphatic rings. The lowest BCUT2D eigenvalue weighted by Gasteiger charge is -2.10. The monoisotopic (exact) mass is 246 g/mol. The molecule has 1 aromatic heterocycles. The molecule has 6 heteroatoms. The number of nitrogens with two attached hydrogens (primary N) is 1. The number of carboxylic acid groups (broad SMARTS) is 1. The highest BCUT2D eigenvalue weighted by Gasteiger charge is 2.11. The van der Waals surface area contributed by atoms with Crippen molar-refractivity contribution in [1.82, 2.24) is 9.97 Å². The summed E-state index contributed by atoms with van der Waals surface area (Å²) in [4.78, 5) is 18.1. The molecule has 0 saturated carbocycles. The molecule has 0 aliphatic heterocycles. The number of hydrogen-bond acceptors (Lipinski definition) is 4. The van der Waals surface area contributed by atoms with Gasteiger partial charge in [0.2, 0.25) is 0 Å². The summed E-state index contributed by atoms with van der Waals surface area (Å²) in [5.74, 6) is -0.251. The fourth-order valence-electron chi connectivity index (χ4n) is 1.66. The van der Waals surface area contributed by atoms with Crippen LogP contribution in [-0.2, 0) is 6.54 Å². The Morgan fingerprint density at radius 2 is 2.33 bits per heavy atom. The Hall–Kier alpha value is -2.50. The quantitative estimate of drug-likeness (QED) is 0.613. The number of aromatic amines is 1. The standard InChI is InChI=1S/C12H14N4O2/c1-7-4-8(5-9(11(7)13)12(17)18)16-6-10-14-2-3-15-10/h2-5,16H,6,13H2,1H3,(H,14,15)(H,17,18). The lowest BCUT2D eigenvalue weighted by atomic mass is 10.1. The molecule has 5 N–H and O–H groups in total. The number of imidazole rings is 1. The van der Waals surface area contributed by atoms with Crippen molar-refractivity contribution in [2.24, 2.45) is 0 Å². The molecule has 0 bridgehead atoms. The van der Waals surface area contributed by atoms with Crippen LogP contribution in [0.25, 0.3) is 0 Å². The number of nitrogens with one attached hydrogen (secondary N) is 2. The highest BCUT2D eigenvalue weighted by molar-refractivity contribution is 5.95. The smallest absolute Gasteiger partial charge is 0.337 e. The highest BCUT2D eigenvalue weighted by atomic mass is 16.4. The van der Waals surface area contributed by atoms with Gasteiger partial charge in [0.15, 0.2) is 0 Å². The van der Waals surface area contributed by atoms with E-state index < -0.39 is 5.97 Å². The highest BCUT2D eigenvalue weighted by Crippen LogP contribution is 2.23. The molecule has 0 aliphatic carbocycles. The van der Waals surface area contributed by atoms with Crippen LogP contribution in [0, 0.1) is 6.92 Å². The van der Waals surface area contributed by atoms with E-state index in [2.05, 4.69) is 15.3 Å². The minimum absolute atomic E-state index is 0.108. The number of aromatic nitrogens is 2. The molecular formula is C12H14N4O2. The van der Waals surface area contributed by atoms with Crippen LogP contribution in [0.4, 0.5) is 11.4 Å². The lowest BCUT2D eigenvalue weighted by Crippen LogP contribution is -2.07. The first-order chi connectivity index (χ1) is 8.58. The Morgan fingerprint density at radius 1 is 1.56 bits per heavy atom. The van der Waals surface area contributed by atoms with Gasteiger partial charge in [-0.25, -0.2) is 9.78 Å². The largest absolute Gasteiger partial charge is 0.478 e. The number of nitrogen functional groups attached to an aromatic ring is 1. The number of hydrogen-bond donors (Lipinski definition) is 4. The number of carbonyl (C=O) groups is 1. The van der Waals surface area contributed by atoms with Crippen LogP contribution in [0.15, 0.2) is 24.5 Å². The maximum Gasteiger partial charge on any atom is 0.337 e. The summed E-state index contributed by atoms with van der Waals surface area (Å²) in [5.41, 5.74) is 7.56. The number of aryl methyl sites for hydroxylation is 1. The number of benzene rings is 1. The minimum Gasteiger partial charge on any atom is -0.478 e. The summed E-state index contributed by atoms with van der Waals surface area (Å²) in [6.45, 7) is 2.27. The predicted molar refractivity (Wildman–Crippen MR) is 68.5 cm³/mol. The van der Waals surface area contributed by atoms with E-state index in [1.54, 1.807) is 19.3 Å². The maximum absolute atomic E-state index is 11.0. The Balaban J connectivity index is 2.21. The van der Waals surface area contributed by atoms with Crippen molar-refractivity contribution in [2.45, 2.75) is 13.5 Å². The average molecular weight is 246 g/mol. The summed E-state index contributed by atoms with van der Waals surface area (Å²) >= 11 is 0. The third kappa shape index (κ3) is 2.42. The Labute approximate surface area is 104 Å². The van der Waals surface area contributed by atoms with E-state index in [-0.39, 0.29) is 5.56 Å². The van der Waals surface area contributed by atoms with Gasteiger partial charge in [0.05, 0.1) is 12.1 Å². The molecule has 0 radical (unpaired) electrons. The van der Waals surface area contributed by atoms with Gasteiger partial charge in [-0.05, 0) is 24.6 Å². The normalized spacial score (nSPS) is 10.3. The summed E-state index contributed by atoms with van der Waals surface area (Å²) in [7, 11) is 0. The van der Waals surface area contributed by atoms with E-state index in [9.17, 15) is 4.79 Å². The van der Waals surface area contributed by atoms with Gasteiger partial charge in [0, 0.05) is 23.8 Å². The molecule has 6 nitrogen and oxygen atoms in total. The van der Waals surface area contributed by atoms with E-state index in [1.165, 1.54) is 6.07 Å². The molecule has 18 heavy (non-hydrogen) atoms. The average Bonchev–Trinajstić information content (AvgIpc) is 2.83. The zero-order chi connectivity index (χ0) is 13.1. The van der Waals surface area contributed by atoms with Crippen molar-refractivity contribution in [3.8, 4) is 0 Å². The Bertz CT molecular complexity index is 564. The van der Waals surface area contributed by atoms with Crippen LogP contribution in [0.1, 0.15) is 21.7 Å². The third-order valence-corrected chi connectivity index (χ3v) is 2.63. The lowest BCUT2D eigenvalue weighted by molar-refractivity contribution is 0.0698. The zero-order valence-electron chi connectivity index (χ0n) is 9.90. The molecule has 0 spiro atoms. The van der Waals surface area contributed by atoms with Crippen molar-refractivity contribution < 1.29 is 9.90 Å². The Kier molecular flexibility index (Phi) is 3.18. The molecule has 0 saturated heterocycles. The molecular weight excluding hydrogens is 232 g/mol. The second-order valence-corrected chi connectivity index (χ2v) is 3.95. The van der Waals surface area contributed by atoms with Crippen molar-refractivity contribution in [3.05, 3.63) is 41.5 Å². The molecule has 0 fully saturated rings. The fourth-order valence-corrected chi connectivity index (χ4v) is 1.66. The molecule has 2 aromatic rings. The van der Waals surface area contributed by atoms with Crippen LogP contribution in [0.3, 0.4) is 0 Å². The summed E-state index contributed by atoms with van der Waals surface area (Å²) in [5, 5.41) is 12.1. The molecule has 0 amide bonds. The summed E-state index contributed by atoms with van der Waals surface area (Å²) in [6.07, 6.45) is 3.39. The molecule has 0 unspecified atom stereocenters. The SMILES string of the molecule is Cc1cc(NCc2ncc[nH]2)cc(C(=O)O)c1N. The van der Waals surface area contributed by atoms with E-state index in [0.717, 1.165) is 11.4 Å². The number of nitrogens with zero attached hydrogens (tertiary/aromatic N) is 1. The molecule has 1 aromatic carbocycles. The molecule has 0 atom stereocenters. The van der Waals surface area contributed by atoms with E-state index >= 15 is 0 Å². The molecule has 94 valence electrons. The van der Waals surface area contributed by atoms with Gasteiger partial charge in [0.1, 0.15) is 5.82 Å². The zero-order valence-corrected chi connectivity index (χ0v) is 9.90. The number of carboxylic acids is 1. The predicted octanol–water partition coefficient (Wildman–Crippen LogP) is 1.61. The maximum atomic E-state index is 11.0. The van der Waals surface area contributed by atoms with Crippen molar-refractivity contribution in [3.63, 3.8) is 0 Å². The first-order valence-corrected chi connectivity index (χ1v) is 5.43. The molecule has 2 rings (SSSR count). The Morgan fingerprint density at radius 3 is 2.94 bits per heavy atom. The van der Waals surface area contributed by atoms with E-state index in [0.29, 0.717) is 17.9 Å². The van der Waals surface area contributed by atoms with Crippen LogP contribution in [0.2, 0.25) is 0 Å². The minimum atomic E-state index is -1.03.